The van der Waals surface area contributed by atoms with E-state index in [4.69, 9.17) is 4.74 Å². The molecule has 35 heavy (non-hydrogen) atoms. The van der Waals surface area contributed by atoms with Crippen molar-refractivity contribution in [3.63, 3.8) is 0 Å². The minimum Gasteiger partial charge on any atom is -0.452 e. The number of hydrogen-bond donors (Lipinski definition) is 0. The van der Waals surface area contributed by atoms with Crippen LogP contribution in [0, 0.1) is 13.8 Å². The summed E-state index contributed by atoms with van der Waals surface area (Å²) < 4.78 is 5.29. The molecular formula is C28H24N2O5. The van der Waals surface area contributed by atoms with Crippen LogP contribution in [0.4, 0.5) is 11.4 Å². The second kappa shape index (κ2) is 8.51. The smallest absolute Gasteiger partial charge is 0.338 e. The molecule has 0 saturated heterocycles. The van der Waals surface area contributed by atoms with Crippen LogP contribution < -0.4 is 9.80 Å². The Kier molecular flexibility index (Phi) is 5.47. The molecule has 1 atom stereocenters. The van der Waals surface area contributed by atoms with E-state index in [1.165, 1.54) is 18.2 Å². The molecule has 3 amide bonds. The molecule has 0 spiro atoms. The summed E-state index contributed by atoms with van der Waals surface area (Å²) in [6, 6.07) is 17.4. The number of imide groups is 1. The molecule has 2 heterocycles. The molecule has 0 radical (unpaired) electrons. The van der Waals surface area contributed by atoms with Gasteiger partial charge in [0.1, 0.15) is 0 Å². The second-order valence-electron chi connectivity index (χ2n) is 9.02. The molecule has 0 bridgehead atoms. The van der Waals surface area contributed by atoms with Gasteiger partial charge in [-0.15, -0.1) is 0 Å². The minimum atomic E-state index is -0.730. The number of rotatable bonds is 4. The van der Waals surface area contributed by atoms with Gasteiger partial charge in [-0.05, 0) is 74.2 Å². The first-order valence-corrected chi connectivity index (χ1v) is 11.4. The number of para-hydroxylation sites is 1. The predicted molar refractivity (Wildman–Crippen MR) is 131 cm³/mol. The summed E-state index contributed by atoms with van der Waals surface area (Å²) in [4.78, 5) is 54.5. The van der Waals surface area contributed by atoms with E-state index in [1.807, 2.05) is 57.2 Å². The highest BCUT2D eigenvalue weighted by Crippen LogP contribution is 2.33. The van der Waals surface area contributed by atoms with Crippen molar-refractivity contribution in [2.45, 2.75) is 33.2 Å². The zero-order valence-electron chi connectivity index (χ0n) is 19.7. The first kappa shape index (κ1) is 22.5. The largest absolute Gasteiger partial charge is 0.452 e. The number of hydrogen-bond acceptors (Lipinski definition) is 5. The maximum atomic E-state index is 13.1. The molecule has 0 aromatic heterocycles. The third-order valence-corrected chi connectivity index (χ3v) is 6.53. The number of carbonyl (C=O) groups is 4. The molecule has 7 heteroatoms. The van der Waals surface area contributed by atoms with Crippen LogP contribution in [0.1, 0.15) is 54.7 Å². The monoisotopic (exact) mass is 468 g/mol. The zero-order valence-corrected chi connectivity index (χ0v) is 19.7. The summed E-state index contributed by atoms with van der Waals surface area (Å²) in [6.45, 7) is 5.25. The van der Waals surface area contributed by atoms with E-state index in [1.54, 1.807) is 11.0 Å². The van der Waals surface area contributed by atoms with Crippen molar-refractivity contribution in [3.05, 3.63) is 94.0 Å². The van der Waals surface area contributed by atoms with Gasteiger partial charge in [-0.25, -0.2) is 9.69 Å². The maximum Gasteiger partial charge on any atom is 0.338 e. The van der Waals surface area contributed by atoms with Gasteiger partial charge >= 0.3 is 5.97 Å². The van der Waals surface area contributed by atoms with Crippen molar-refractivity contribution in [2.24, 2.45) is 0 Å². The van der Waals surface area contributed by atoms with Gasteiger partial charge in [-0.2, -0.15) is 0 Å². The Hall–Kier alpha value is -4.26. The average Bonchev–Trinajstić information content (AvgIpc) is 3.31. The molecule has 0 aliphatic carbocycles. The molecule has 2 aliphatic heterocycles. The van der Waals surface area contributed by atoms with Crippen LogP contribution >= 0.6 is 0 Å². The normalized spacial score (nSPS) is 16.4. The van der Waals surface area contributed by atoms with Crippen molar-refractivity contribution < 1.29 is 23.9 Å². The molecule has 3 aromatic carbocycles. The third-order valence-electron chi connectivity index (χ3n) is 6.53. The van der Waals surface area contributed by atoms with Crippen molar-refractivity contribution in [1.29, 1.82) is 0 Å². The van der Waals surface area contributed by atoms with Crippen molar-refractivity contribution >= 4 is 35.1 Å². The van der Waals surface area contributed by atoms with Crippen molar-refractivity contribution in [1.82, 2.24) is 0 Å². The highest BCUT2D eigenvalue weighted by atomic mass is 16.5. The van der Waals surface area contributed by atoms with Gasteiger partial charge in [-0.3, -0.25) is 14.4 Å². The van der Waals surface area contributed by atoms with Crippen LogP contribution in [0.3, 0.4) is 0 Å². The number of esters is 1. The van der Waals surface area contributed by atoms with Crippen LogP contribution in [-0.4, -0.2) is 36.3 Å². The Morgan fingerprint density at radius 3 is 2.46 bits per heavy atom. The van der Waals surface area contributed by atoms with E-state index < -0.39 is 24.4 Å². The first-order chi connectivity index (χ1) is 16.8. The van der Waals surface area contributed by atoms with Gasteiger partial charge in [0.2, 0.25) is 0 Å². The first-order valence-electron chi connectivity index (χ1n) is 11.4. The number of anilines is 2. The Balaban J connectivity index is 1.33. The van der Waals surface area contributed by atoms with Gasteiger partial charge in [0.25, 0.3) is 17.7 Å². The van der Waals surface area contributed by atoms with E-state index in [9.17, 15) is 19.2 Å². The lowest BCUT2D eigenvalue weighted by Gasteiger charge is -2.22. The molecule has 0 fully saturated rings. The lowest BCUT2D eigenvalue weighted by Crippen LogP contribution is -2.38. The van der Waals surface area contributed by atoms with Crippen LogP contribution in [-0.2, 0) is 16.0 Å². The number of amides is 3. The van der Waals surface area contributed by atoms with Gasteiger partial charge < -0.3 is 9.64 Å². The summed E-state index contributed by atoms with van der Waals surface area (Å²) in [5, 5.41) is 0. The molecule has 176 valence electrons. The van der Waals surface area contributed by atoms with E-state index in [0.717, 1.165) is 33.7 Å². The minimum absolute atomic E-state index is 0.0294. The maximum absolute atomic E-state index is 13.1. The summed E-state index contributed by atoms with van der Waals surface area (Å²) in [6.07, 6.45) is 0.744. The molecule has 0 N–H and O–H groups in total. The fourth-order valence-electron chi connectivity index (χ4n) is 4.77. The SMILES string of the molecule is Cc1ccc(C)c(N2C(=O)c3ccc(C(=O)OCC(=O)N4c5ccccc5CC4C)cc3C2=O)c1. The fourth-order valence-corrected chi connectivity index (χ4v) is 4.77. The van der Waals surface area contributed by atoms with E-state index in [2.05, 4.69) is 0 Å². The van der Waals surface area contributed by atoms with E-state index >= 15 is 0 Å². The molecule has 5 rings (SSSR count). The number of nitrogens with zero attached hydrogens (tertiary/aromatic N) is 2. The topological polar surface area (TPSA) is 84.0 Å². The highest BCUT2D eigenvalue weighted by molar-refractivity contribution is 6.35. The van der Waals surface area contributed by atoms with Crippen molar-refractivity contribution in [2.75, 3.05) is 16.4 Å². The van der Waals surface area contributed by atoms with Gasteiger partial charge in [-0.1, -0.05) is 30.3 Å². The summed E-state index contributed by atoms with van der Waals surface area (Å²) >= 11 is 0. The number of aryl methyl sites for hydroxylation is 2. The molecule has 2 aliphatic rings. The van der Waals surface area contributed by atoms with Crippen LogP contribution in [0.25, 0.3) is 0 Å². The molecule has 7 nitrogen and oxygen atoms in total. The number of ether oxygens (including phenoxy) is 1. The lowest BCUT2D eigenvalue weighted by atomic mass is 10.1. The zero-order chi connectivity index (χ0) is 24.9. The predicted octanol–water partition coefficient (Wildman–Crippen LogP) is 4.24. The van der Waals surface area contributed by atoms with Crippen LogP contribution in [0.2, 0.25) is 0 Å². The van der Waals surface area contributed by atoms with Crippen LogP contribution in [0.15, 0.2) is 60.7 Å². The second-order valence-corrected chi connectivity index (χ2v) is 9.02. The summed E-state index contributed by atoms with van der Waals surface area (Å²) in [5.74, 6) is -1.97. The Morgan fingerprint density at radius 2 is 1.66 bits per heavy atom. The van der Waals surface area contributed by atoms with Gasteiger partial charge in [0.15, 0.2) is 6.61 Å². The van der Waals surface area contributed by atoms with Crippen molar-refractivity contribution in [3.8, 4) is 0 Å². The molecule has 3 aromatic rings. The number of benzene rings is 3. The van der Waals surface area contributed by atoms with E-state index in [0.29, 0.717) is 5.69 Å². The highest BCUT2D eigenvalue weighted by Gasteiger charge is 2.38. The standard InChI is InChI=1S/C28H24N2O5/c1-16-8-9-17(2)24(12-16)30-26(32)21-11-10-20(14-22(21)27(30)33)28(34)35-15-25(31)29-18(3)13-19-6-4-5-7-23(19)29/h4-12,14,18H,13,15H2,1-3H3. The van der Waals surface area contributed by atoms with Gasteiger partial charge in [0, 0.05) is 11.7 Å². The Labute approximate surface area is 202 Å². The summed E-state index contributed by atoms with van der Waals surface area (Å²) in [7, 11) is 0. The Morgan fingerprint density at radius 1 is 0.914 bits per heavy atom. The Bertz CT molecular complexity index is 1410. The molecular weight excluding hydrogens is 444 g/mol. The average molecular weight is 469 g/mol. The van der Waals surface area contributed by atoms with Crippen LogP contribution in [0.5, 0.6) is 0 Å². The fraction of sp³-hybridized carbons (Fsp3) is 0.214. The molecule has 0 saturated carbocycles. The quantitative estimate of drug-likeness (QED) is 0.423. The number of carbonyl (C=O) groups excluding carboxylic acids is 4. The number of fused-ring (bicyclic) bond motifs is 2. The third kappa shape index (κ3) is 3.79. The molecule has 1 unspecified atom stereocenters. The lowest BCUT2D eigenvalue weighted by molar-refractivity contribution is -0.122. The summed E-state index contributed by atoms with van der Waals surface area (Å²) in [5.41, 5.74) is 4.61. The van der Waals surface area contributed by atoms with E-state index in [-0.39, 0.29) is 28.6 Å². The van der Waals surface area contributed by atoms with Gasteiger partial charge in [0.05, 0.1) is 22.4 Å².